The Morgan fingerprint density at radius 1 is 1.09 bits per heavy atom. The van der Waals surface area contributed by atoms with Gasteiger partial charge in [0.05, 0.1) is 0 Å². The fraction of sp³-hybridized carbons (Fsp3) is 0.360. The second-order valence-electron chi connectivity index (χ2n) is 8.57. The molecule has 1 fully saturated rings. The minimum atomic E-state index is -0.583. The zero-order valence-electron chi connectivity index (χ0n) is 19.0. The van der Waals surface area contributed by atoms with Crippen LogP contribution in [-0.2, 0) is 9.59 Å². The molecule has 0 unspecified atom stereocenters. The Morgan fingerprint density at radius 3 is 2.52 bits per heavy atom. The van der Waals surface area contributed by atoms with E-state index in [0.717, 1.165) is 29.5 Å². The molecule has 2 aromatic carbocycles. The van der Waals surface area contributed by atoms with E-state index in [0.29, 0.717) is 17.9 Å². The van der Waals surface area contributed by atoms with Gasteiger partial charge in [-0.2, -0.15) is 0 Å². The van der Waals surface area contributed by atoms with Gasteiger partial charge >= 0.3 is 0 Å². The van der Waals surface area contributed by atoms with Crippen molar-refractivity contribution in [1.29, 1.82) is 0 Å². The number of aromatic nitrogens is 1. The number of rotatable bonds is 6. The normalized spacial score (nSPS) is 18.6. The number of para-hydroxylation sites is 2. The number of amides is 3. The van der Waals surface area contributed by atoms with Crippen LogP contribution in [-0.4, -0.2) is 52.8 Å². The Balaban J connectivity index is 1.36. The van der Waals surface area contributed by atoms with E-state index in [4.69, 9.17) is 4.42 Å². The minimum absolute atomic E-state index is 0.0181. The van der Waals surface area contributed by atoms with Gasteiger partial charge in [-0.3, -0.25) is 14.4 Å². The van der Waals surface area contributed by atoms with Crippen LogP contribution in [0.2, 0.25) is 0 Å². The third-order valence-corrected chi connectivity index (χ3v) is 6.11. The van der Waals surface area contributed by atoms with Crippen LogP contribution < -0.4 is 10.6 Å². The molecular formula is C25H28N4O4. The fourth-order valence-corrected chi connectivity index (χ4v) is 4.26. The summed E-state index contributed by atoms with van der Waals surface area (Å²) in [4.78, 5) is 42.7. The van der Waals surface area contributed by atoms with Gasteiger partial charge in [-0.05, 0) is 62.6 Å². The molecule has 3 aromatic rings. The summed E-state index contributed by atoms with van der Waals surface area (Å²) < 4.78 is 5.80. The lowest BCUT2D eigenvalue weighted by atomic mass is 10.1. The van der Waals surface area contributed by atoms with E-state index in [1.54, 1.807) is 31.0 Å². The number of benzene rings is 2. The van der Waals surface area contributed by atoms with Gasteiger partial charge in [0.2, 0.25) is 17.7 Å². The molecule has 3 amide bonds. The Labute approximate surface area is 192 Å². The molecule has 1 aromatic heterocycles. The van der Waals surface area contributed by atoms with Gasteiger partial charge in [0.15, 0.2) is 5.58 Å². The molecular weight excluding hydrogens is 420 g/mol. The lowest BCUT2D eigenvalue weighted by Gasteiger charge is -2.25. The predicted molar refractivity (Wildman–Crippen MR) is 124 cm³/mol. The van der Waals surface area contributed by atoms with Gasteiger partial charge < -0.3 is 20.0 Å². The largest absolute Gasteiger partial charge is 0.436 e. The van der Waals surface area contributed by atoms with Crippen molar-refractivity contribution in [3.63, 3.8) is 0 Å². The Hall–Kier alpha value is -3.68. The molecule has 1 saturated carbocycles. The molecule has 0 radical (unpaired) electrons. The van der Waals surface area contributed by atoms with Crippen LogP contribution in [0.5, 0.6) is 0 Å². The van der Waals surface area contributed by atoms with Crippen molar-refractivity contribution in [2.45, 2.75) is 51.2 Å². The molecule has 0 saturated heterocycles. The summed E-state index contributed by atoms with van der Waals surface area (Å²) in [6.07, 6.45) is 2.28. The average Bonchev–Trinajstić information content (AvgIpc) is 3.45. The number of carbonyl (C=O) groups excluding carboxylic acids is 3. The third kappa shape index (κ3) is 5.05. The van der Waals surface area contributed by atoms with Crippen molar-refractivity contribution in [3.8, 4) is 11.5 Å². The molecule has 1 aliphatic carbocycles. The first kappa shape index (κ1) is 22.5. The lowest BCUT2D eigenvalue weighted by Crippen LogP contribution is -2.47. The van der Waals surface area contributed by atoms with Gasteiger partial charge in [-0.15, -0.1) is 0 Å². The van der Waals surface area contributed by atoms with Crippen molar-refractivity contribution in [2.24, 2.45) is 0 Å². The Morgan fingerprint density at radius 2 is 1.82 bits per heavy atom. The molecule has 8 nitrogen and oxygen atoms in total. The predicted octanol–water partition coefficient (Wildman–Crippen LogP) is 3.13. The number of nitrogens with zero attached hydrogens (tertiary/aromatic N) is 2. The van der Waals surface area contributed by atoms with Crippen LogP contribution in [0.1, 0.15) is 43.5 Å². The standard InChI is InChI=1S/C25H28N4O4/c1-15(26-16(2)30)23(31)27-19-12-13-20(14-19)29(3)25(32)18-10-8-17(9-11-18)24-28-21-6-4-5-7-22(21)33-24/h4-11,15,19-20H,12-14H2,1-3H3,(H,26,30)(H,27,31)/t15-,19-,20+/m0/s1. The summed E-state index contributed by atoms with van der Waals surface area (Å²) in [5.74, 6) is 0.00291. The maximum atomic E-state index is 13.0. The van der Waals surface area contributed by atoms with Crippen molar-refractivity contribution >= 4 is 28.8 Å². The van der Waals surface area contributed by atoms with Crippen LogP contribution in [0.15, 0.2) is 52.9 Å². The summed E-state index contributed by atoms with van der Waals surface area (Å²) in [5.41, 5.74) is 2.91. The van der Waals surface area contributed by atoms with Crippen LogP contribution in [0.3, 0.4) is 0 Å². The molecule has 0 spiro atoms. The maximum Gasteiger partial charge on any atom is 0.253 e. The highest BCUT2D eigenvalue weighted by molar-refractivity contribution is 5.94. The number of oxazole rings is 1. The van der Waals surface area contributed by atoms with E-state index in [9.17, 15) is 14.4 Å². The molecule has 1 heterocycles. The summed E-state index contributed by atoms with van der Waals surface area (Å²) in [5, 5.41) is 5.56. The topological polar surface area (TPSA) is 105 Å². The van der Waals surface area contributed by atoms with Gasteiger partial charge in [-0.1, -0.05) is 12.1 Å². The maximum absolute atomic E-state index is 13.0. The number of hydrogen-bond acceptors (Lipinski definition) is 5. The molecule has 0 aliphatic heterocycles. The zero-order chi connectivity index (χ0) is 23.5. The third-order valence-electron chi connectivity index (χ3n) is 6.11. The first-order valence-electron chi connectivity index (χ1n) is 11.1. The highest BCUT2D eigenvalue weighted by Gasteiger charge is 2.32. The molecule has 172 valence electrons. The van der Waals surface area contributed by atoms with E-state index in [1.165, 1.54) is 6.92 Å². The van der Waals surface area contributed by atoms with Crippen molar-refractivity contribution in [2.75, 3.05) is 7.05 Å². The quantitative estimate of drug-likeness (QED) is 0.603. The first-order valence-corrected chi connectivity index (χ1v) is 11.1. The molecule has 3 atom stereocenters. The highest BCUT2D eigenvalue weighted by Crippen LogP contribution is 2.27. The van der Waals surface area contributed by atoms with Crippen LogP contribution in [0.25, 0.3) is 22.6 Å². The first-order chi connectivity index (χ1) is 15.8. The van der Waals surface area contributed by atoms with Crippen molar-refractivity contribution in [3.05, 3.63) is 54.1 Å². The zero-order valence-corrected chi connectivity index (χ0v) is 19.0. The summed E-state index contributed by atoms with van der Waals surface area (Å²) in [6, 6.07) is 14.3. The molecule has 8 heteroatoms. The Kier molecular flexibility index (Phi) is 6.44. The molecule has 33 heavy (non-hydrogen) atoms. The van der Waals surface area contributed by atoms with E-state index in [1.807, 2.05) is 36.4 Å². The second-order valence-corrected chi connectivity index (χ2v) is 8.57. The second kappa shape index (κ2) is 9.44. The monoisotopic (exact) mass is 448 g/mol. The van der Waals surface area contributed by atoms with Crippen molar-refractivity contribution in [1.82, 2.24) is 20.5 Å². The number of hydrogen-bond donors (Lipinski definition) is 2. The van der Waals surface area contributed by atoms with E-state index >= 15 is 0 Å². The van der Waals surface area contributed by atoms with Crippen LogP contribution in [0.4, 0.5) is 0 Å². The average molecular weight is 449 g/mol. The van der Waals surface area contributed by atoms with Gasteiger partial charge in [0, 0.05) is 37.2 Å². The van der Waals surface area contributed by atoms with Gasteiger partial charge in [0.25, 0.3) is 5.91 Å². The molecule has 1 aliphatic rings. The number of fused-ring (bicyclic) bond motifs is 1. The molecule has 4 rings (SSSR count). The van der Waals surface area contributed by atoms with E-state index in [2.05, 4.69) is 15.6 Å². The summed E-state index contributed by atoms with van der Waals surface area (Å²) in [6.45, 7) is 3.04. The number of carbonyl (C=O) groups is 3. The molecule has 2 N–H and O–H groups in total. The highest BCUT2D eigenvalue weighted by atomic mass is 16.3. The number of nitrogens with one attached hydrogen (secondary N) is 2. The van der Waals surface area contributed by atoms with Crippen molar-refractivity contribution < 1.29 is 18.8 Å². The lowest BCUT2D eigenvalue weighted by molar-refractivity contribution is -0.128. The SMILES string of the molecule is CC(=O)N[C@@H](C)C(=O)N[C@H]1CC[C@@H](N(C)C(=O)c2ccc(-c3nc4ccccc4o3)cc2)C1. The Bertz CT molecular complexity index is 1140. The minimum Gasteiger partial charge on any atom is -0.436 e. The van der Waals surface area contributed by atoms with Crippen LogP contribution in [0, 0.1) is 0 Å². The van der Waals surface area contributed by atoms with Gasteiger partial charge in [0.1, 0.15) is 11.6 Å². The smallest absolute Gasteiger partial charge is 0.253 e. The van der Waals surface area contributed by atoms with E-state index in [-0.39, 0.29) is 29.8 Å². The summed E-state index contributed by atoms with van der Waals surface area (Å²) in [7, 11) is 1.80. The van der Waals surface area contributed by atoms with Crippen LogP contribution >= 0.6 is 0 Å². The summed E-state index contributed by atoms with van der Waals surface area (Å²) >= 11 is 0. The molecule has 0 bridgehead atoms. The van der Waals surface area contributed by atoms with Gasteiger partial charge in [-0.25, -0.2) is 4.98 Å². The fourth-order valence-electron chi connectivity index (χ4n) is 4.26. The van der Waals surface area contributed by atoms with E-state index < -0.39 is 6.04 Å².